The number of ether oxygens (including phenoxy) is 1. The van der Waals surface area contributed by atoms with Crippen molar-refractivity contribution in [2.45, 2.75) is 64.1 Å². The van der Waals surface area contributed by atoms with Crippen LogP contribution in [0, 0.1) is 6.92 Å². The van der Waals surface area contributed by atoms with Gasteiger partial charge in [0.25, 0.3) is 10.0 Å². The maximum absolute atomic E-state index is 14.1. The Balaban J connectivity index is 2.06. The topological polar surface area (TPSA) is 96.0 Å². The predicted octanol–water partition coefficient (Wildman–Crippen LogP) is 5.57. The Kier molecular flexibility index (Phi) is 11.2. The summed E-state index contributed by atoms with van der Waals surface area (Å²) in [6.45, 7) is 7.17. The Labute approximate surface area is 248 Å². The molecule has 0 radical (unpaired) electrons. The van der Waals surface area contributed by atoms with Crippen LogP contribution in [0.25, 0.3) is 0 Å². The molecule has 0 spiro atoms. The van der Waals surface area contributed by atoms with Crippen LogP contribution in [-0.2, 0) is 26.2 Å². The Bertz CT molecular complexity index is 1430. The highest BCUT2D eigenvalue weighted by Crippen LogP contribution is 2.26. The number of hydrogen-bond acceptors (Lipinski definition) is 5. The van der Waals surface area contributed by atoms with E-state index < -0.39 is 28.5 Å². The zero-order valence-corrected chi connectivity index (χ0v) is 25.7. The number of hydrogen-bond donors (Lipinski definition) is 1. The molecular weight excluding hydrogens is 562 g/mol. The van der Waals surface area contributed by atoms with E-state index in [2.05, 4.69) is 5.32 Å². The second-order valence-corrected chi connectivity index (χ2v) is 12.2. The summed E-state index contributed by atoms with van der Waals surface area (Å²) < 4.78 is 34.2. The number of carbonyl (C=O) groups excluding carboxylic acids is 2. The van der Waals surface area contributed by atoms with Crippen molar-refractivity contribution in [3.8, 4) is 5.75 Å². The van der Waals surface area contributed by atoms with Crippen LogP contribution in [0.4, 0.5) is 5.69 Å². The number of halogens is 1. The second kappa shape index (κ2) is 14.4. The van der Waals surface area contributed by atoms with Crippen LogP contribution < -0.4 is 14.4 Å². The number of anilines is 1. The standard InChI is InChI=1S/C31H38ClN3O5S/c1-6-23(4)33-31(37)29(7-2)34(20-24-9-8-10-27(19-24)40-5)30(36)21-35(26-15-11-22(3)12-16-26)41(38,39)28-17-13-25(32)14-18-28/h8-19,23,29H,6-7,20-21H2,1-5H3,(H,33,37)/t23-,29+/m0/s1. The normalized spacial score (nSPS) is 12.7. The minimum atomic E-state index is -4.16. The molecule has 10 heteroatoms. The molecule has 0 unspecified atom stereocenters. The van der Waals surface area contributed by atoms with Gasteiger partial charge in [-0.1, -0.05) is 55.3 Å². The highest BCUT2D eigenvalue weighted by molar-refractivity contribution is 7.92. The highest BCUT2D eigenvalue weighted by atomic mass is 35.5. The lowest BCUT2D eigenvalue weighted by molar-refractivity contribution is -0.140. The number of methoxy groups -OCH3 is 1. The van der Waals surface area contributed by atoms with Gasteiger partial charge in [0, 0.05) is 17.6 Å². The Morgan fingerprint density at radius 1 is 0.976 bits per heavy atom. The molecule has 3 aromatic rings. The van der Waals surface area contributed by atoms with Gasteiger partial charge in [-0.25, -0.2) is 8.42 Å². The van der Waals surface area contributed by atoms with E-state index >= 15 is 0 Å². The third kappa shape index (κ3) is 8.24. The van der Waals surface area contributed by atoms with E-state index in [1.807, 2.05) is 33.8 Å². The summed E-state index contributed by atoms with van der Waals surface area (Å²) in [7, 11) is -2.61. The molecule has 2 atom stereocenters. The molecule has 0 heterocycles. The first-order valence-electron chi connectivity index (χ1n) is 13.6. The van der Waals surface area contributed by atoms with E-state index in [9.17, 15) is 18.0 Å². The zero-order valence-electron chi connectivity index (χ0n) is 24.1. The Morgan fingerprint density at radius 2 is 1.63 bits per heavy atom. The van der Waals surface area contributed by atoms with Gasteiger partial charge in [0.2, 0.25) is 11.8 Å². The van der Waals surface area contributed by atoms with Crippen LogP contribution in [0.15, 0.2) is 77.7 Å². The Hall–Kier alpha value is -3.56. The average Bonchev–Trinajstić information content (AvgIpc) is 2.96. The SMILES string of the molecule is CC[C@H](C(=O)N[C@@H](C)CC)N(Cc1cccc(OC)c1)C(=O)CN(c1ccc(C)cc1)S(=O)(=O)c1ccc(Cl)cc1. The van der Waals surface area contributed by atoms with Gasteiger partial charge in [0.15, 0.2) is 0 Å². The van der Waals surface area contributed by atoms with Gasteiger partial charge >= 0.3 is 0 Å². The summed E-state index contributed by atoms with van der Waals surface area (Å²) >= 11 is 6.01. The van der Waals surface area contributed by atoms with Gasteiger partial charge in [-0.05, 0) is 80.8 Å². The van der Waals surface area contributed by atoms with Crippen LogP contribution in [0.2, 0.25) is 5.02 Å². The molecule has 0 fully saturated rings. The van der Waals surface area contributed by atoms with Crippen molar-refractivity contribution < 1.29 is 22.7 Å². The molecule has 2 amide bonds. The molecule has 1 N–H and O–H groups in total. The number of nitrogens with one attached hydrogen (secondary N) is 1. The maximum atomic E-state index is 14.1. The summed E-state index contributed by atoms with van der Waals surface area (Å²) in [5.41, 5.74) is 2.02. The van der Waals surface area contributed by atoms with E-state index in [4.69, 9.17) is 16.3 Å². The molecule has 0 aliphatic rings. The summed E-state index contributed by atoms with van der Waals surface area (Å²) in [5.74, 6) is -0.198. The molecule has 0 aromatic heterocycles. The molecule has 3 aromatic carbocycles. The summed E-state index contributed by atoms with van der Waals surface area (Å²) in [5, 5.41) is 3.37. The Morgan fingerprint density at radius 3 is 2.22 bits per heavy atom. The average molecular weight is 600 g/mol. The first-order valence-corrected chi connectivity index (χ1v) is 15.4. The van der Waals surface area contributed by atoms with Crippen molar-refractivity contribution in [1.29, 1.82) is 0 Å². The first-order chi connectivity index (χ1) is 19.5. The van der Waals surface area contributed by atoms with Gasteiger partial charge in [0.05, 0.1) is 17.7 Å². The number of aryl methyl sites for hydroxylation is 1. The van der Waals surface area contributed by atoms with E-state index in [0.717, 1.165) is 21.9 Å². The van der Waals surface area contributed by atoms with Crippen molar-refractivity contribution in [1.82, 2.24) is 10.2 Å². The minimum absolute atomic E-state index is 0.00354. The maximum Gasteiger partial charge on any atom is 0.264 e. The van der Waals surface area contributed by atoms with E-state index in [0.29, 0.717) is 22.9 Å². The van der Waals surface area contributed by atoms with Crippen LogP contribution >= 0.6 is 11.6 Å². The van der Waals surface area contributed by atoms with Crippen LogP contribution in [0.1, 0.15) is 44.7 Å². The monoisotopic (exact) mass is 599 g/mol. The molecule has 3 rings (SSSR count). The first kappa shape index (κ1) is 32.0. The fourth-order valence-electron chi connectivity index (χ4n) is 4.30. The second-order valence-electron chi connectivity index (χ2n) is 9.92. The van der Waals surface area contributed by atoms with Crippen molar-refractivity contribution in [3.05, 3.63) is 88.9 Å². The van der Waals surface area contributed by atoms with Gasteiger partial charge in [-0.15, -0.1) is 0 Å². The lowest BCUT2D eigenvalue weighted by Gasteiger charge is -2.33. The van der Waals surface area contributed by atoms with Crippen molar-refractivity contribution in [3.63, 3.8) is 0 Å². The third-order valence-corrected chi connectivity index (χ3v) is 8.92. The van der Waals surface area contributed by atoms with Crippen LogP contribution in [0.5, 0.6) is 5.75 Å². The van der Waals surface area contributed by atoms with Crippen molar-refractivity contribution >= 4 is 39.1 Å². The highest BCUT2D eigenvalue weighted by Gasteiger charge is 2.34. The number of benzene rings is 3. The fourth-order valence-corrected chi connectivity index (χ4v) is 5.84. The number of carbonyl (C=O) groups is 2. The smallest absolute Gasteiger partial charge is 0.264 e. The molecule has 0 bridgehead atoms. The van der Waals surface area contributed by atoms with Crippen LogP contribution in [0.3, 0.4) is 0 Å². The van der Waals surface area contributed by atoms with E-state index in [1.165, 1.54) is 29.2 Å². The fraction of sp³-hybridized carbons (Fsp3) is 0.355. The third-order valence-electron chi connectivity index (χ3n) is 6.88. The molecular formula is C31H38ClN3O5S. The quantitative estimate of drug-likeness (QED) is 0.277. The van der Waals surface area contributed by atoms with Gasteiger partial charge in [0.1, 0.15) is 18.3 Å². The zero-order chi connectivity index (χ0) is 30.2. The minimum Gasteiger partial charge on any atom is -0.497 e. The molecule has 0 aliphatic heterocycles. The van der Waals surface area contributed by atoms with Gasteiger partial charge < -0.3 is 15.0 Å². The largest absolute Gasteiger partial charge is 0.497 e. The number of amides is 2. The summed E-state index contributed by atoms with van der Waals surface area (Å²) in [6.07, 6.45) is 1.07. The van der Waals surface area contributed by atoms with Gasteiger partial charge in [-0.3, -0.25) is 13.9 Å². The number of rotatable bonds is 13. The summed E-state index contributed by atoms with van der Waals surface area (Å²) in [4.78, 5) is 29.0. The number of nitrogens with zero attached hydrogens (tertiary/aromatic N) is 2. The van der Waals surface area contributed by atoms with Gasteiger partial charge in [-0.2, -0.15) is 0 Å². The predicted molar refractivity (Wildman–Crippen MR) is 163 cm³/mol. The summed E-state index contributed by atoms with van der Waals surface area (Å²) in [6, 6.07) is 19.0. The molecule has 0 saturated heterocycles. The number of sulfonamides is 1. The van der Waals surface area contributed by atoms with E-state index in [1.54, 1.807) is 49.6 Å². The van der Waals surface area contributed by atoms with Crippen molar-refractivity contribution in [2.24, 2.45) is 0 Å². The lowest BCUT2D eigenvalue weighted by Crippen LogP contribution is -2.53. The molecule has 0 saturated carbocycles. The van der Waals surface area contributed by atoms with Crippen LogP contribution in [-0.4, -0.2) is 50.9 Å². The lowest BCUT2D eigenvalue weighted by atomic mass is 10.1. The molecule has 0 aliphatic carbocycles. The van der Waals surface area contributed by atoms with Crippen molar-refractivity contribution in [2.75, 3.05) is 18.0 Å². The molecule has 41 heavy (non-hydrogen) atoms. The van der Waals surface area contributed by atoms with E-state index in [-0.39, 0.29) is 23.4 Å². The molecule has 8 nitrogen and oxygen atoms in total. The molecule has 220 valence electrons.